The molecule has 2 aromatic rings. The molecular formula is C23H28F3N3O3S. The molecule has 0 saturated heterocycles. The lowest BCUT2D eigenvalue weighted by atomic mass is 9.71. The summed E-state index contributed by atoms with van der Waals surface area (Å²) in [7, 11) is -1.27. The van der Waals surface area contributed by atoms with E-state index in [1.165, 1.54) is 12.3 Å². The van der Waals surface area contributed by atoms with E-state index in [9.17, 15) is 27.3 Å². The average Bonchev–Trinajstić information content (AvgIpc) is 3.12. The Bertz CT molecular complexity index is 1070. The van der Waals surface area contributed by atoms with Crippen LogP contribution in [0.1, 0.15) is 55.1 Å². The van der Waals surface area contributed by atoms with Crippen LogP contribution in [0.3, 0.4) is 0 Å². The largest absolute Gasteiger partial charge is 0.417 e. The van der Waals surface area contributed by atoms with Gasteiger partial charge in [0.05, 0.1) is 22.7 Å². The molecule has 1 aliphatic heterocycles. The van der Waals surface area contributed by atoms with E-state index in [1.807, 2.05) is 0 Å². The number of nitrogens with two attached hydrogens (primary N) is 1. The number of carbonyl (C=O) groups excluding carboxylic acids is 1. The molecule has 3 atom stereocenters. The van der Waals surface area contributed by atoms with Crippen LogP contribution in [0, 0.1) is 0 Å². The number of rotatable bonds is 8. The highest BCUT2D eigenvalue weighted by atomic mass is 32.2. The molecule has 0 radical (unpaired) electrons. The molecule has 180 valence electrons. The van der Waals surface area contributed by atoms with Crippen LogP contribution >= 0.6 is 0 Å². The van der Waals surface area contributed by atoms with Gasteiger partial charge in [0.2, 0.25) is 5.91 Å². The van der Waals surface area contributed by atoms with Gasteiger partial charge in [0.1, 0.15) is 5.03 Å². The number of nitrogens with zero attached hydrogens (tertiary/aromatic N) is 1. The third kappa shape index (κ3) is 5.22. The first-order valence-corrected chi connectivity index (χ1v) is 11.9. The van der Waals surface area contributed by atoms with Gasteiger partial charge in [-0.05, 0) is 41.5 Å². The number of hydrogen-bond donors (Lipinski definition) is 3. The predicted molar refractivity (Wildman–Crippen MR) is 121 cm³/mol. The van der Waals surface area contributed by atoms with Gasteiger partial charge in [-0.15, -0.1) is 0 Å². The van der Waals surface area contributed by atoms with Crippen molar-refractivity contribution in [2.24, 2.45) is 5.73 Å². The maximum Gasteiger partial charge on any atom is 0.417 e. The second-order valence-corrected chi connectivity index (χ2v) is 10.7. The van der Waals surface area contributed by atoms with E-state index in [2.05, 4.69) is 10.3 Å². The first-order valence-electron chi connectivity index (χ1n) is 10.6. The van der Waals surface area contributed by atoms with Crippen LogP contribution in [0.25, 0.3) is 0 Å². The molecule has 0 spiro atoms. The Labute approximate surface area is 193 Å². The van der Waals surface area contributed by atoms with Crippen LogP contribution < -0.4 is 11.1 Å². The van der Waals surface area contributed by atoms with Crippen LogP contribution in [0.4, 0.5) is 18.9 Å². The highest BCUT2D eigenvalue weighted by Gasteiger charge is 2.57. The first-order chi connectivity index (χ1) is 15.3. The van der Waals surface area contributed by atoms with Crippen LogP contribution in [-0.4, -0.2) is 43.8 Å². The Morgan fingerprint density at radius 3 is 2.58 bits per heavy atom. The predicted octanol–water partition coefficient (Wildman–Crippen LogP) is 3.70. The molecule has 0 fully saturated rings. The number of amides is 1. The molecule has 1 aromatic carbocycles. The number of carbonyl (C=O) groups is 1. The van der Waals surface area contributed by atoms with Crippen molar-refractivity contribution >= 4 is 22.4 Å². The van der Waals surface area contributed by atoms with Gasteiger partial charge in [-0.1, -0.05) is 39.0 Å². The maximum absolute atomic E-state index is 14.2. The van der Waals surface area contributed by atoms with Crippen molar-refractivity contribution in [3.8, 4) is 0 Å². The van der Waals surface area contributed by atoms with Crippen LogP contribution in [-0.2, 0) is 22.6 Å². The Kier molecular flexibility index (Phi) is 6.91. The lowest BCUT2D eigenvalue weighted by Gasteiger charge is -2.39. The number of alkyl halides is 3. The van der Waals surface area contributed by atoms with Gasteiger partial charge < -0.3 is 16.2 Å². The zero-order valence-corrected chi connectivity index (χ0v) is 19.5. The Morgan fingerprint density at radius 1 is 1.30 bits per heavy atom. The maximum atomic E-state index is 14.2. The summed E-state index contributed by atoms with van der Waals surface area (Å²) in [5.41, 5.74) is 2.96. The number of aromatic nitrogens is 1. The molecule has 3 rings (SSSR count). The molecule has 1 aliphatic rings. The molecule has 0 aliphatic carbocycles. The van der Waals surface area contributed by atoms with Crippen molar-refractivity contribution in [1.82, 2.24) is 4.98 Å². The molecule has 1 amide bonds. The first kappa shape index (κ1) is 25.2. The number of pyridine rings is 1. The number of hydrogen-bond acceptors (Lipinski definition) is 5. The van der Waals surface area contributed by atoms with Crippen molar-refractivity contribution in [2.75, 3.05) is 11.1 Å². The van der Waals surface area contributed by atoms with Crippen LogP contribution in [0.15, 0.2) is 41.6 Å². The summed E-state index contributed by atoms with van der Waals surface area (Å²) in [5.74, 6) is -0.354. The highest BCUT2D eigenvalue weighted by molar-refractivity contribution is 7.84. The molecule has 3 unspecified atom stereocenters. The van der Waals surface area contributed by atoms with Crippen molar-refractivity contribution < 1.29 is 27.3 Å². The minimum absolute atomic E-state index is 0.126. The van der Waals surface area contributed by atoms with E-state index in [0.29, 0.717) is 22.0 Å². The number of aliphatic hydroxyl groups is 1. The van der Waals surface area contributed by atoms with Crippen LogP contribution in [0.2, 0.25) is 0 Å². The zero-order valence-electron chi connectivity index (χ0n) is 18.7. The molecule has 2 heterocycles. The van der Waals surface area contributed by atoms with E-state index < -0.39 is 52.8 Å². The Morgan fingerprint density at radius 2 is 1.97 bits per heavy atom. The SMILES string of the molecule is CCS(=O)c1cc2c(cn1)NC(CC(O)(CC(C)(C)c1ccccc1C(N)=O)C(F)(F)F)C2. The van der Waals surface area contributed by atoms with Crippen LogP contribution in [0.5, 0.6) is 0 Å². The lowest BCUT2D eigenvalue weighted by molar-refractivity contribution is -0.270. The molecule has 33 heavy (non-hydrogen) atoms. The van der Waals surface area contributed by atoms with Crippen molar-refractivity contribution in [3.05, 3.63) is 53.2 Å². The summed E-state index contributed by atoms with van der Waals surface area (Å²) in [4.78, 5) is 16.0. The number of halogens is 3. The van der Waals surface area contributed by atoms with Gasteiger partial charge >= 0.3 is 6.18 Å². The fraction of sp³-hybridized carbons (Fsp3) is 0.478. The fourth-order valence-corrected chi connectivity index (χ4v) is 5.26. The standard InChI is InChI=1S/C23H28F3N3O3S/c1-4-33(32)19-10-14-9-15(29-18(14)12-28-19)11-22(31,23(24,25)26)13-21(2,3)17-8-6-5-7-16(17)20(27)30/h5-8,10,12,15,29,31H,4,9,11,13H2,1-3H3,(H2,27,30). The summed E-state index contributed by atoms with van der Waals surface area (Å²) in [5, 5.41) is 14.3. The number of fused-ring (bicyclic) bond motifs is 1. The van der Waals surface area contributed by atoms with Crippen molar-refractivity contribution in [1.29, 1.82) is 0 Å². The third-order valence-electron chi connectivity index (χ3n) is 6.05. The normalized spacial score (nSPS) is 18.8. The minimum Gasteiger partial charge on any atom is -0.380 e. The van der Waals surface area contributed by atoms with Gasteiger partial charge in [-0.25, -0.2) is 4.98 Å². The summed E-state index contributed by atoms with van der Waals surface area (Å²) in [6.45, 7) is 4.87. The Balaban J connectivity index is 1.87. The third-order valence-corrected chi connectivity index (χ3v) is 7.27. The van der Waals surface area contributed by atoms with Crippen molar-refractivity contribution in [2.45, 2.75) is 68.3 Å². The Hall–Kier alpha value is -2.46. The highest BCUT2D eigenvalue weighted by Crippen LogP contribution is 2.45. The zero-order chi connectivity index (χ0) is 24.6. The van der Waals surface area contributed by atoms with Gasteiger partial charge in [0.25, 0.3) is 0 Å². The fourth-order valence-electron chi connectivity index (χ4n) is 4.52. The molecular weight excluding hydrogens is 455 g/mol. The number of benzene rings is 1. The van der Waals surface area contributed by atoms with E-state index in [-0.39, 0.29) is 12.0 Å². The summed E-state index contributed by atoms with van der Waals surface area (Å²) >= 11 is 0. The molecule has 0 bridgehead atoms. The van der Waals surface area contributed by atoms with E-state index in [1.54, 1.807) is 45.0 Å². The monoisotopic (exact) mass is 483 g/mol. The molecule has 0 saturated carbocycles. The topological polar surface area (TPSA) is 105 Å². The molecule has 6 nitrogen and oxygen atoms in total. The van der Waals surface area contributed by atoms with Gasteiger partial charge in [-0.3, -0.25) is 9.00 Å². The molecule has 4 N–H and O–H groups in total. The summed E-state index contributed by atoms with van der Waals surface area (Å²) in [6.07, 6.45) is -4.46. The summed E-state index contributed by atoms with van der Waals surface area (Å²) in [6, 6.07) is 7.18. The van der Waals surface area contributed by atoms with Gasteiger partial charge in [-0.2, -0.15) is 13.2 Å². The lowest BCUT2D eigenvalue weighted by Crippen LogP contribution is -2.52. The van der Waals surface area contributed by atoms with E-state index in [4.69, 9.17) is 5.73 Å². The number of nitrogens with one attached hydrogen (secondary N) is 1. The van der Waals surface area contributed by atoms with E-state index in [0.717, 1.165) is 5.56 Å². The van der Waals surface area contributed by atoms with E-state index >= 15 is 0 Å². The number of primary amides is 1. The average molecular weight is 484 g/mol. The molecule has 10 heteroatoms. The summed E-state index contributed by atoms with van der Waals surface area (Å²) < 4.78 is 54.6. The van der Waals surface area contributed by atoms with Gasteiger partial charge in [0, 0.05) is 23.8 Å². The molecule has 1 aromatic heterocycles. The minimum atomic E-state index is -4.91. The second kappa shape index (κ2) is 9.06. The second-order valence-electron chi connectivity index (χ2n) is 9.06. The smallest absolute Gasteiger partial charge is 0.380 e. The van der Waals surface area contributed by atoms with Gasteiger partial charge in [0.15, 0.2) is 5.60 Å². The van der Waals surface area contributed by atoms with Crippen molar-refractivity contribution in [3.63, 3.8) is 0 Å². The number of anilines is 1. The quantitative estimate of drug-likeness (QED) is 0.531.